The van der Waals surface area contributed by atoms with Gasteiger partial charge in [-0.1, -0.05) is 36.4 Å². The van der Waals surface area contributed by atoms with Crippen LogP contribution in [0.25, 0.3) is 21.7 Å². The Bertz CT molecular complexity index is 994. The number of carbonyl (C=O) groups is 1. The third-order valence-electron chi connectivity index (χ3n) is 3.75. The van der Waals surface area contributed by atoms with Crippen LogP contribution in [-0.4, -0.2) is 15.9 Å². The number of benzene rings is 2. The zero-order chi connectivity index (χ0) is 15.6. The Kier molecular flexibility index (Phi) is 3.24. The van der Waals surface area contributed by atoms with Crippen molar-refractivity contribution in [1.82, 2.24) is 15.3 Å². The first-order valence-corrected chi connectivity index (χ1v) is 7.25. The first-order chi connectivity index (χ1) is 11.3. The highest BCUT2D eigenvalue weighted by Gasteiger charge is 2.09. The van der Waals surface area contributed by atoms with Crippen molar-refractivity contribution in [2.24, 2.45) is 0 Å². The van der Waals surface area contributed by atoms with Gasteiger partial charge in [0.1, 0.15) is 6.26 Å². The highest BCUT2D eigenvalue weighted by Crippen LogP contribution is 2.24. The molecule has 2 aromatic carbocycles. The first-order valence-electron chi connectivity index (χ1n) is 7.25. The van der Waals surface area contributed by atoms with Gasteiger partial charge in [0, 0.05) is 5.39 Å². The van der Waals surface area contributed by atoms with Gasteiger partial charge in [0.25, 0.3) is 5.91 Å². The number of hydrogen-bond donors (Lipinski definition) is 1. The Labute approximate surface area is 132 Å². The summed E-state index contributed by atoms with van der Waals surface area (Å²) in [6.07, 6.45) is 2.55. The normalized spacial score (nSPS) is 11.0. The summed E-state index contributed by atoms with van der Waals surface area (Å²) in [6.45, 7) is 0.342. The maximum absolute atomic E-state index is 11.9. The molecule has 5 heteroatoms. The second-order valence-corrected chi connectivity index (χ2v) is 5.21. The number of carbonyl (C=O) groups excluding carboxylic acids is 1. The Hall–Kier alpha value is -3.21. The molecule has 2 heterocycles. The number of nitrogens with one attached hydrogen (secondary N) is 1. The van der Waals surface area contributed by atoms with Crippen LogP contribution in [0.4, 0.5) is 0 Å². The monoisotopic (exact) mass is 303 g/mol. The zero-order valence-electron chi connectivity index (χ0n) is 12.2. The molecule has 4 rings (SSSR count). The molecular formula is C18H13N3O2. The maximum Gasteiger partial charge on any atom is 0.273 e. The van der Waals surface area contributed by atoms with E-state index in [1.165, 1.54) is 23.4 Å². The van der Waals surface area contributed by atoms with Crippen LogP contribution >= 0.6 is 0 Å². The van der Waals surface area contributed by atoms with Crippen molar-refractivity contribution in [3.63, 3.8) is 0 Å². The van der Waals surface area contributed by atoms with Crippen molar-refractivity contribution in [2.75, 3.05) is 0 Å². The smallest absolute Gasteiger partial charge is 0.273 e. The summed E-state index contributed by atoms with van der Waals surface area (Å²) in [5.74, 6) is -0.279. The predicted molar refractivity (Wildman–Crippen MR) is 86.9 cm³/mol. The van der Waals surface area contributed by atoms with Gasteiger partial charge in [0.05, 0.1) is 17.8 Å². The van der Waals surface area contributed by atoms with Crippen LogP contribution in [0.1, 0.15) is 16.2 Å². The van der Waals surface area contributed by atoms with E-state index in [0.717, 1.165) is 16.6 Å². The second-order valence-electron chi connectivity index (χ2n) is 5.21. The minimum Gasteiger partial charge on any atom is -0.451 e. The Morgan fingerprint density at radius 3 is 2.83 bits per heavy atom. The van der Waals surface area contributed by atoms with Crippen molar-refractivity contribution in [2.45, 2.75) is 6.54 Å². The highest BCUT2D eigenvalue weighted by molar-refractivity contribution is 6.06. The molecule has 2 aromatic heterocycles. The fourth-order valence-electron chi connectivity index (χ4n) is 2.61. The molecule has 0 aliphatic heterocycles. The molecule has 0 radical (unpaired) electrons. The van der Waals surface area contributed by atoms with E-state index in [4.69, 9.17) is 4.42 Å². The number of aromatic nitrogens is 2. The van der Waals surface area contributed by atoms with Crippen LogP contribution in [0, 0.1) is 0 Å². The molecular weight excluding hydrogens is 290 g/mol. The lowest BCUT2D eigenvalue weighted by Crippen LogP contribution is -2.23. The maximum atomic E-state index is 11.9. The summed E-state index contributed by atoms with van der Waals surface area (Å²) in [5, 5.41) is 6.25. The summed E-state index contributed by atoms with van der Waals surface area (Å²) < 4.78 is 4.80. The van der Waals surface area contributed by atoms with Crippen LogP contribution in [0.3, 0.4) is 0 Å². The van der Waals surface area contributed by atoms with Crippen LogP contribution in [-0.2, 0) is 6.54 Å². The van der Waals surface area contributed by atoms with Crippen molar-refractivity contribution < 1.29 is 9.21 Å². The number of fused-ring (bicyclic) bond motifs is 3. The topological polar surface area (TPSA) is 68.0 Å². The molecule has 23 heavy (non-hydrogen) atoms. The molecule has 5 nitrogen and oxygen atoms in total. The molecule has 0 aliphatic carbocycles. The average molecular weight is 303 g/mol. The number of oxazole rings is 1. The van der Waals surface area contributed by atoms with Crippen molar-refractivity contribution >= 4 is 27.6 Å². The molecule has 0 fully saturated rings. The third-order valence-corrected chi connectivity index (χ3v) is 3.75. The number of rotatable bonds is 3. The fraction of sp³-hybridized carbons (Fsp3) is 0.0556. The van der Waals surface area contributed by atoms with Gasteiger partial charge in [-0.2, -0.15) is 0 Å². The predicted octanol–water partition coefficient (Wildman–Crippen LogP) is 3.31. The Morgan fingerprint density at radius 2 is 1.96 bits per heavy atom. The van der Waals surface area contributed by atoms with E-state index < -0.39 is 0 Å². The number of hydrogen-bond acceptors (Lipinski definition) is 4. The first kappa shape index (κ1) is 13.5. The molecule has 0 saturated carbocycles. The largest absolute Gasteiger partial charge is 0.451 e. The highest BCUT2D eigenvalue weighted by atomic mass is 16.3. The number of pyridine rings is 1. The fourth-order valence-corrected chi connectivity index (χ4v) is 2.61. The molecule has 0 unspecified atom stereocenters. The Morgan fingerprint density at radius 1 is 1.04 bits per heavy atom. The van der Waals surface area contributed by atoms with Crippen molar-refractivity contribution in [1.29, 1.82) is 0 Å². The van der Waals surface area contributed by atoms with Gasteiger partial charge < -0.3 is 9.73 Å². The summed E-state index contributed by atoms with van der Waals surface area (Å²) in [5.41, 5.74) is 1.97. The zero-order valence-corrected chi connectivity index (χ0v) is 12.2. The van der Waals surface area contributed by atoms with E-state index >= 15 is 0 Å². The van der Waals surface area contributed by atoms with Gasteiger partial charge in [-0.05, 0) is 22.9 Å². The van der Waals surface area contributed by atoms with E-state index in [-0.39, 0.29) is 11.6 Å². The van der Waals surface area contributed by atoms with E-state index in [1.807, 2.05) is 30.3 Å². The minimum atomic E-state index is -0.279. The van der Waals surface area contributed by atoms with Crippen LogP contribution in [0.2, 0.25) is 0 Å². The van der Waals surface area contributed by atoms with Gasteiger partial charge in [-0.3, -0.25) is 9.78 Å². The van der Waals surface area contributed by atoms with Gasteiger partial charge in [0.15, 0.2) is 12.1 Å². The molecule has 0 saturated heterocycles. The SMILES string of the molecule is O=C(NCc1ccc2c(ccc3ccccc32)n1)c1cocn1. The van der Waals surface area contributed by atoms with E-state index in [9.17, 15) is 4.79 Å². The van der Waals surface area contributed by atoms with Crippen LogP contribution in [0.15, 0.2) is 65.6 Å². The lowest BCUT2D eigenvalue weighted by atomic mass is 10.0. The average Bonchev–Trinajstić information content (AvgIpc) is 3.14. The second kappa shape index (κ2) is 5.53. The summed E-state index contributed by atoms with van der Waals surface area (Å²) >= 11 is 0. The molecule has 0 spiro atoms. The summed E-state index contributed by atoms with van der Waals surface area (Å²) in [7, 11) is 0. The molecule has 0 aliphatic rings. The Balaban J connectivity index is 1.62. The summed E-state index contributed by atoms with van der Waals surface area (Å²) in [4.78, 5) is 20.3. The molecule has 4 aromatic rings. The quantitative estimate of drug-likeness (QED) is 0.590. The molecule has 0 atom stereocenters. The molecule has 1 N–H and O–H groups in total. The van der Waals surface area contributed by atoms with Crippen molar-refractivity contribution in [3.8, 4) is 0 Å². The van der Waals surface area contributed by atoms with E-state index in [0.29, 0.717) is 6.54 Å². The van der Waals surface area contributed by atoms with Gasteiger partial charge in [-0.25, -0.2) is 4.98 Å². The van der Waals surface area contributed by atoms with Gasteiger partial charge >= 0.3 is 0 Å². The molecule has 1 amide bonds. The van der Waals surface area contributed by atoms with Crippen LogP contribution in [0.5, 0.6) is 0 Å². The van der Waals surface area contributed by atoms with Crippen molar-refractivity contribution in [3.05, 3.63) is 72.6 Å². The number of nitrogens with zero attached hydrogens (tertiary/aromatic N) is 2. The van der Waals surface area contributed by atoms with Crippen LogP contribution < -0.4 is 5.32 Å². The lowest BCUT2D eigenvalue weighted by Gasteiger charge is -2.06. The molecule has 112 valence electrons. The molecule has 0 bridgehead atoms. The standard InChI is InChI=1S/C18H13N3O2/c22-18(17-10-23-11-20-17)19-9-13-6-7-15-14-4-2-1-3-12(14)5-8-16(15)21-13/h1-8,10-11H,9H2,(H,19,22). The van der Waals surface area contributed by atoms with E-state index in [1.54, 1.807) is 0 Å². The third kappa shape index (κ3) is 2.53. The minimum absolute atomic E-state index is 0.261. The van der Waals surface area contributed by atoms with Gasteiger partial charge in [0.2, 0.25) is 0 Å². The lowest BCUT2D eigenvalue weighted by molar-refractivity contribution is 0.0945. The number of amides is 1. The summed E-state index contributed by atoms with van der Waals surface area (Å²) in [6, 6.07) is 16.2. The van der Waals surface area contributed by atoms with Gasteiger partial charge in [-0.15, -0.1) is 0 Å². The van der Waals surface area contributed by atoms with E-state index in [2.05, 4.69) is 33.5 Å².